The summed E-state index contributed by atoms with van der Waals surface area (Å²) in [5, 5.41) is 10.5. The molecule has 1 fully saturated rings. The highest BCUT2D eigenvalue weighted by Crippen LogP contribution is 2.32. The number of hydrogen-bond acceptors (Lipinski definition) is 13. The molecule has 0 unspecified atom stereocenters. The van der Waals surface area contributed by atoms with Crippen molar-refractivity contribution in [3.63, 3.8) is 0 Å². The van der Waals surface area contributed by atoms with Crippen LogP contribution in [0.25, 0.3) is 0 Å². The number of phenolic OH excluding ortho intramolecular Hbond substituents is 1. The van der Waals surface area contributed by atoms with E-state index in [0.717, 1.165) is 45.9 Å². The Bertz CT molecular complexity index is 1310. The van der Waals surface area contributed by atoms with Crippen LogP contribution in [-0.2, 0) is 42.9 Å². The third-order valence-corrected chi connectivity index (χ3v) is 5.65. The van der Waals surface area contributed by atoms with Crippen molar-refractivity contribution in [3.8, 4) is 17.2 Å². The average Bonchev–Trinajstić information content (AvgIpc) is 2.89. The zero-order valence-electron chi connectivity index (χ0n) is 23.1. The van der Waals surface area contributed by atoms with Crippen LogP contribution in [0.4, 0.5) is 4.39 Å². The van der Waals surface area contributed by atoms with Crippen LogP contribution in [0.15, 0.2) is 42.5 Å². The molecule has 2 aromatic carbocycles. The Balaban J connectivity index is 1.86. The van der Waals surface area contributed by atoms with E-state index in [1.165, 1.54) is 24.3 Å². The molecule has 3 rings (SSSR count). The van der Waals surface area contributed by atoms with Gasteiger partial charge in [0.05, 0.1) is 5.56 Å². The number of carbonyl (C=O) groups is 5. The third kappa shape index (κ3) is 8.89. The second kappa shape index (κ2) is 14.3. The molecule has 0 amide bonds. The Morgan fingerprint density at radius 2 is 1.36 bits per heavy atom. The number of Topliss-reactive ketones (excluding diaryl/α,β-unsaturated/α-hetero) is 1. The molecular formula is C28H29FO13. The molecule has 0 bridgehead atoms. The topological polar surface area (TPSA) is 170 Å². The second-order valence-corrected chi connectivity index (χ2v) is 9.03. The molecule has 226 valence electrons. The van der Waals surface area contributed by atoms with Crippen LogP contribution in [0.3, 0.4) is 0 Å². The normalized spacial score (nSPS) is 21.4. The summed E-state index contributed by atoms with van der Waals surface area (Å²) in [6, 6.07) is 8.64. The quantitative estimate of drug-likeness (QED) is 0.229. The van der Waals surface area contributed by atoms with E-state index in [9.17, 15) is 33.5 Å². The molecular weight excluding hydrogens is 563 g/mol. The molecule has 42 heavy (non-hydrogen) atoms. The lowest BCUT2D eigenvalue weighted by Gasteiger charge is -2.43. The van der Waals surface area contributed by atoms with E-state index in [0.29, 0.717) is 0 Å². The van der Waals surface area contributed by atoms with Gasteiger partial charge in [-0.2, -0.15) is 0 Å². The molecule has 13 nitrogen and oxygen atoms in total. The maximum atomic E-state index is 13.1. The third-order valence-electron chi connectivity index (χ3n) is 5.65. The number of ketones is 1. The van der Waals surface area contributed by atoms with Gasteiger partial charge in [0.2, 0.25) is 18.2 Å². The summed E-state index contributed by atoms with van der Waals surface area (Å²) in [4.78, 5) is 59.8. The van der Waals surface area contributed by atoms with E-state index < -0.39 is 85.1 Å². The summed E-state index contributed by atoms with van der Waals surface area (Å²) in [6.07, 6.45) is -7.08. The van der Waals surface area contributed by atoms with E-state index in [-0.39, 0.29) is 17.1 Å². The van der Waals surface area contributed by atoms with Crippen molar-refractivity contribution in [2.45, 2.75) is 58.4 Å². The first-order valence-electron chi connectivity index (χ1n) is 12.6. The van der Waals surface area contributed by atoms with E-state index in [1.807, 2.05) is 0 Å². The van der Waals surface area contributed by atoms with Gasteiger partial charge in [0.15, 0.2) is 18.8 Å². The molecule has 0 aromatic heterocycles. The van der Waals surface area contributed by atoms with Gasteiger partial charge in [0.25, 0.3) is 0 Å². The van der Waals surface area contributed by atoms with Crippen molar-refractivity contribution < 1.29 is 66.6 Å². The molecule has 1 aliphatic rings. The Morgan fingerprint density at radius 1 is 0.786 bits per heavy atom. The van der Waals surface area contributed by atoms with Crippen molar-refractivity contribution in [2.75, 3.05) is 13.2 Å². The van der Waals surface area contributed by atoms with Crippen molar-refractivity contribution in [1.29, 1.82) is 0 Å². The zero-order chi connectivity index (χ0) is 31.0. The molecule has 1 heterocycles. The average molecular weight is 593 g/mol. The van der Waals surface area contributed by atoms with Crippen LogP contribution >= 0.6 is 0 Å². The minimum Gasteiger partial charge on any atom is -0.507 e. The number of carbonyl (C=O) groups excluding carboxylic acids is 5. The lowest BCUT2D eigenvalue weighted by Crippen LogP contribution is -2.63. The number of esters is 4. The van der Waals surface area contributed by atoms with E-state index in [2.05, 4.69) is 0 Å². The molecule has 0 aliphatic carbocycles. The molecule has 1 aliphatic heterocycles. The van der Waals surface area contributed by atoms with Gasteiger partial charge in [-0.05, 0) is 36.4 Å². The monoisotopic (exact) mass is 592 g/mol. The summed E-state index contributed by atoms with van der Waals surface area (Å²) in [5.74, 6) is -4.50. The van der Waals surface area contributed by atoms with Crippen LogP contribution < -0.4 is 9.47 Å². The van der Waals surface area contributed by atoms with Gasteiger partial charge in [0.1, 0.15) is 35.8 Å². The van der Waals surface area contributed by atoms with Crippen LogP contribution in [0, 0.1) is 5.82 Å². The minimum atomic E-state index is -1.53. The number of halogens is 1. The second-order valence-electron chi connectivity index (χ2n) is 9.03. The summed E-state index contributed by atoms with van der Waals surface area (Å²) in [6.45, 7) is 3.47. The smallest absolute Gasteiger partial charge is 0.303 e. The molecule has 5 atom stereocenters. The van der Waals surface area contributed by atoms with Crippen LogP contribution in [-0.4, -0.2) is 78.7 Å². The summed E-state index contributed by atoms with van der Waals surface area (Å²) < 4.78 is 51.1. The van der Waals surface area contributed by atoms with Gasteiger partial charge in [-0.3, -0.25) is 24.0 Å². The maximum Gasteiger partial charge on any atom is 0.303 e. The highest BCUT2D eigenvalue weighted by molar-refractivity contribution is 5.99. The number of ether oxygens (including phenoxy) is 7. The SMILES string of the molecule is CC(=O)OC[C@@H]1O[C@@H](Oc2ccc(C(=O)COc3ccc(F)cc3)c(O)c2)[C@H](OC(C)=O)[C@H](OC(C)=O)[C@@H]1OC(C)=O. The highest BCUT2D eigenvalue weighted by atomic mass is 19.1. The van der Waals surface area contributed by atoms with Gasteiger partial charge in [-0.25, -0.2) is 4.39 Å². The standard InChI is InChI=1S/C28H29FO13/c1-14(30)36-13-24-25(38-15(2)31)26(39-16(3)32)27(40-17(4)33)28(42-24)41-20-9-10-21(22(34)11-20)23(35)12-37-19-7-5-18(29)6-8-19/h5-11,24-28,34H,12-13H2,1-4H3/t24-,25+,26+,27+,28+/m0/s1. The molecule has 0 radical (unpaired) electrons. The first kappa shape index (κ1) is 31.8. The van der Waals surface area contributed by atoms with Gasteiger partial charge in [0, 0.05) is 33.8 Å². The lowest BCUT2D eigenvalue weighted by atomic mass is 9.98. The maximum absolute atomic E-state index is 13.1. The molecule has 1 N–H and O–H groups in total. The fourth-order valence-corrected chi connectivity index (χ4v) is 4.00. The highest BCUT2D eigenvalue weighted by Gasteiger charge is 2.53. The number of rotatable bonds is 11. The summed E-state index contributed by atoms with van der Waals surface area (Å²) in [5.41, 5.74) is -0.119. The molecule has 2 aromatic rings. The summed E-state index contributed by atoms with van der Waals surface area (Å²) in [7, 11) is 0. The van der Waals surface area contributed by atoms with E-state index in [1.54, 1.807) is 0 Å². The molecule has 0 spiro atoms. The van der Waals surface area contributed by atoms with Gasteiger partial charge in [-0.1, -0.05) is 0 Å². The Morgan fingerprint density at radius 3 is 1.93 bits per heavy atom. The van der Waals surface area contributed by atoms with E-state index in [4.69, 9.17) is 33.2 Å². The fraction of sp³-hybridized carbons (Fsp3) is 0.393. The largest absolute Gasteiger partial charge is 0.507 e. The predicted molar refractivity (Wildman–Crippen MR) is 137 cm³/mol. The van der Waals surface area contributed by atoms with Crippen molar-refractivity contribution in [2.24, 2.45) is 0 Å². The number of aromatic hydroxyl groups is 1. The first-order valence-corrected chi connectivity index (χ1v) is 12.6. The van der Waals surface area contributed by atoms with Gasteiger partial charge in [-0.15, -0.1) is 0 Å². The van der Waals surface area contributed by atoms with Crippen LogP contribution in [0.2, 0.25) is 0 Å². The fourth-order valence-electron chi connectivity index (χ4n) is 4.00. The zero-order valence-corrected chi connectivity index (χ0v) is 23.1. The van der Waals surface area contributed by atoms with Crippen molar-refractivity contribution >= 4 is 29.7 Å². The first-order chi connectivity index (χ1) is 19.8. The Hall–Kier alpha value is -4.72. The number of benzene rings is 2. The van der Waals surface area contributed by atoms with Crippen molar-refractivity contribution in [3.05, 3.63) is 53.8 Å². The predicted octanol–water partition coefficient (Wildman–Crippen LogP) is 2.25. The molecule has 1 saturated heterocycles. The minimum absolute atomic E-state index is 0.0654. The summed E-state index contributed by atoms with van der Waals surface area (Å²) >= 11 is 0. The molecule has 14 heteroatoms. The Kier molecular flexibility index (Phi) is 10.8. The van der Waals surface area contributed by atoms with E-state index >= 15 is 0 Å². The van der Waals surface area contributed by atoms with Gasteiger partial charge >= 0.3 is 23.9 Å². The Labute approximate surface area is 239 Å². The van der Waals surface area contributed by atoms with Crippen LogP contribution in [0.1, 0.15) is 38.1 Å². The number of phenols is 1. The van der Waals surface area contributed by atoms with Gasteiger partial charge < -0.3 is 38.3 Å². The molecule has 0 saturated carbocycles. The number of hydrogen-bond donors (Lipinski definition) is 1. The van der Waals surface area contributed by atoms with Crippen molar-refractivity contribution in [1.82, 2.24) is 0 Å². The van der Waals surface area contributed by atoms with Crippen LogP contribution in [0.5, 0.6) is 17.2 Å². The lowest BCUT2D eigenvalue weighted by molar-refractivity contribution is -0.288.